The van der Waals surface area contributed by atoms with Crippen molar-refractivity contribution in [3.63, 3.8) is 0 Å². The zero-order chi connectivity index (χ0) is 23.0. The van der Waals surface area contributed by atoms with E-state index in [4.69, 9.17) is 4.74 Å². The van der Waals surface area contributed by atoms with E-state index in [2.05, 4.69) is 46.3 Å². The van der Waals surface area contributed by atoms with Crippen LogP contribution in [0.4, 0.5) is 0 Å². The van der Waals surface area contributed by atoms with Gasteiger partial charge in [-0.1, -0.05) is 54.5 Å². The lowest BCUT2D eigenvalue weighted by Gasteiger charge is -2.20. The van der Waals surface area contributed by atoms with Gasteiger partial charge in [-0.2, -0.15) is 5.10 Å². The van der Waals surface area contributed by atoms with E-state index in [1.165, 1.54) is 5.56 Å². The van der Waals surface area contributed by atoms with E-state index in [1.54, 1.807) is 6.92 Å². The predicted octanol–water partition coefficient (Wildman–Crippen LogP) is 5.90. The molecule has 4 aromatic rings. The van der Waals surface area contributed by atoms with Gasteiger partial charge in [0.15, 0.2) is 0 Å². The molecule has 0 aliphatic heterocycles. The molecule has 3 aromatic carbocycles. The van der Waals surface area contributed by atoms with Gasteiger partial charge in [-0.15, -0.1) is 5.92 Å². The van der Waals surface area contributed by atoms with Crippen LogP contribution >= 0.6 is 0 Å². The van der Waals surface area contributed by atoms with Crippen LogP contribution in [0.3, 0.4) is 0 Å². The number of aromatic nitrogens is 2. The Morgan fingerprint density at radius 1 is 1.06 bits per heavy atom. The van der Waals surface area contributed by atoms with Crippen LogP contribution in [-0.4, -0.2) is 21.3 Å². The number of carboxylic acid groups (broad SMARTS) is 1. The SMILES string of the molecule is CC#CC(CC(=O)O)c1ccc(O[C@@H](CCc2ccccc2)c2ccc3[nH]ncc3c2)cc1. The summed E-state index contributed by atoms with van der Waals surface area (Å²) in [6, 6.07) is 24.2. The molecule has 0 saturated carbocycles. The summed E-state index contributed by atoms with van der Waals surface area (Å²) < 4.78 is 6.44. The van der Waals surface area contributed by atoms with Crippen molar-refractivity contribution in [1.29, 1.82) is 0 Å². The molecule has 0 aliphatic carbocycles. The summed E-state index contributed by atoms with van der Waals surface area (Å²) in [5.74, 6) is 5.36. The maximum Gasteiger partial charge on any atom is 0.304 e. The number of rotatable bonds is 9. The van der Waals surface area contributed by atoms with Crippen molar-refractivity contribution < 1.29 is 14.6 Å². The Morgan fingerprint density at radius 2 is 1.82 bits per heavy atom. The topological polar surface area (TPSA) is 75.2 Å². The molecule has 0 aliphatic rings. The summed E-state index contributed by atoms with van der Waals surface area (Å²) in [5, 5.41) is 17.3. The number of carbonyl (C=O) groups is 1. The van der Waals surface area contributed by atoms with Crippen molar-refractivity contribution in [3.05, 3.63) is 95.7 Å². The van der Waals surface area contributed by atoms with E-state index in [1.807, 2.05) is 54.7 Å². The number of benzene rings is 3. The number of aryl methyl sites for hydroxylation is 1. The van der Waals surface area contributed by atoms with Gasteiger partial charge in [0.25, 0.3) is 0 Å². The summed E-state index contributed by atoms with van der Waals surface area (Å²) in [5.41, 5.74) is 4.22. The van der Waals surface area contributed by atoms with E-state index in [-0.39, 0.29) is 18.4 Å². The van der Waals surface area contributed by atoms with Gasteiger partial charge in [0.2, 0.25) is 0 Å². The number of nitrogens with zero attached hydrogens (tertiary/aromatic N) is 1. The van der Waals surface area contributed by atoms with Crippen LogP contribution in [0.2, 0.25) is 0 Å². The summed E-state index contributed by atoms with van der Waals surface area (Å²) in [6.45, 7) is 1.72. The Labute approximate surface area is 193 Å². The maximum atomic E-state index is 11.2. The zero-order valence-electron chi connectivity index (χ0n) is 18.5. The van der Waals surface area contributed by atoms with Gasteiger partial charge in [0.1, 0.15) is 11.9 Å². The highest BCUT2D eigenvalue weighted by Crippen LogP contribution is 2.30. The molecule has 1 unspecified atom stereocenters. The number of hydrogen-bond acceptors (Lipinski definition) is 3. The van der Waals surface area contributed by atoms with Crippen molar-refractivity contribution in [2.24, 2.45) is 0 Å². The molecule has 0 bridgehead atoms. The minimum absolute atomic E-state index is 0.0224. The highest BCUT2D eigenvalue weighted by molar-refractivity contribution is 5.78. The van der Waals surface area contributed by atoms with Crippen LogP contribution in [0.1, 0.15) is 48.5 Å². The van der Waals surface area contributed by atoms with Gasteiger partial charge in [0, 0.05) is 5.39 Å². The van der Waals surface area contributed by atoms with Gasteiger partial charge in [0.05, 0.1) is 24.1 Å². The third-order valence-electron chi connectivity index (χ3n) is 5.63. The molecule has 4 rings (SSSR count). The van der Waals surface area contributed by atoms with E-state index >= 15 is 0 Å². The average molecular weight is 439 g/mol. The molecule has 2 atom stereocenters. The number of fused-ring (bicyclic) bond motifs is 1. The molecular weight excluding hydrogens is 412 g/mol. The van der Waals surface area contributed by atoms with Gasteiger partial charge >= 0.3 is 5.97 Å². The number of ether oxygens (including phenoxy) is 1. The smallest absolute Gasteiger partial charge is 0.304 e. The summed E-state index contributed by atoms with van der Waals surface area (Å²) >= 11 is 0. The fraction of sp³-hybridized carbons (Fsp3) is 0.214. The number of aliphatic carboxylic acids is 1. The molecule has 1 aromatic heterocycles. The third-order valence-corrected chi connectivity index (χ3v) is 5.63. The predicted molar refractivity (Wildman–Crippen MR) is 129 cm³/mol. The van der Waals surface area contributed by atoms with Crippen molar-refractivity contribution >= 4 is 16.9 Å². The first-order valence-electron chi connectivity index (χ1n) is 11.0. The molecule has 33 heavy (non-hydrogen) atoms. The van der Waals surface area contributed by atoms with Crippen LogP contribution in [0.25, 0.3) is 10.9 Å². The second-order valence-corrected chi connectivity index (χ2v) is 7.96. The molecule has 166 valence electrons. The molecule has 0 fully saturated rings. The molecular formula is C28H26N2O3. The number of hydrogen-bond donors (Lipinski definition) is 2. The summed E-state index contributed by atoms with van der Waals surface area (Å²) in [4.78, 5) is 11.2. The Bertz CT molecular complexity index is 1270. The monoisotopic (exact) mass is 438 g/mol. The van der Waals surface area contributed by atoms with E-state index in [0.717, 1.165) is 40.6 Å². The summed E-state index contributed by atoms with van der Waals surface area (Å²) in [6.07, 6.45) is 3.36. The molecule has 0 radical (unpaired) electrons. The maximum absolute atomic E-state index is 11.2. The fourth-order valence-corrected chi connectivity index (χ4v) is 3.94. The molecule has 5 nitrogen and oxygen atoms in total. The van der Waals surface area contributed by atoms with Crippen molar-refractivity contribution in [1.82, 2.24) is 10.2 Å². The highest BCUT2D eigenvalue weighted by atomic mass is 16.5. The zero-order valence-corrected chi connectivity index (χ0v) is 18.5. The first kappa shape index (κ1) is 22.2. The number of H-pyrrole nitrogens is 1. The van der Waals surface area contributed by atoms with Crippen molar-refractivity contribution in [2.75, 3.05) is 0 Å². The van der Waals surface area contributed by atoms with Gasteiger partial charge in [-0.3, -0.25) is 9.89 Å². The lowest BCUT2D eigenvalue weighted by molar-refractivity contribution is -0.137. The largest absolute Gasteiger partial charge is 0.486 e. The van der Waals surface area contributed by atoms with Crippen LogP contribution in [0, 0.1) is 11.8 Å². The van der Waals surface area contributed by atoms with Crippen LogP contribution in [-0.2, 0) is 11.2 Å². The fourth-order valence-electron chi connectivity index (χ4n) is 3.94. The van der Waals surface area contributed by atoms with Crippen LogP contribution in [0.5, 0.6) is 5.75 Å². The summed E-state index contributed by atoms with van der Waals surface area (Å²) in [7, 11) is 0. The normalized spacial score (nSPS) is 12.5. The molecule has 2 N–H and O–H groups in total. The lowest BCUT2D eigenvalue weighted by atomic mass is 9.96. The average Bonchev–Trinajstić information content (AvgIpc) is 3.30. The van der Waals surface area contributed by atoms with Crippen molar-refractivity contribution in [3.8, 4) is 17.6 Å². The second-order valence-electron chi connectivity index (χ2n) is 7.96. The van der Waals surface area contributed by atoms with Crippen LogP contribution in [0.15, 0.2) is 79.0 Å². The Hall–Kier alpha value is -4.04. The quantitative estimate of drug-likeness (QED) is 0.319. The molecule has 0 saturated heterocycles. The number of carboxylic acids is 1. The number of nitrogens with one attached hydrogen (secondary N) is 1. The van der Waals surface area contributed by atoms with Crippen molar-refractivity contribution in [2.45, 2.75) is 38.2 Å². The van der Waals surface area contributed by atoms with Gasteiger partial charge < -0.3 is 9.84 Å². The second kappa shape index (κ2) is 10.5. The van der Waals surface area contributed by atoms with E-state index in [9.17, 15) is 9.90 Å². The molecule has 0 spiro atoms. The lowest BCUT2D eigenvalue weighted by Crippen LogP contribution is -2.09. The first-order chi connectivity index (χ1) is 16.1. The Morgan fingerprint density at radius 3 is 2.55 bits per heavy atom. The van der Waals surface area contributed by atoms with Crippen LogP contribution < -0.4 is 4.74 Å². The van der Waals surface area contributed by atoms with Gasteiger partial charge in [-0.05, 0) is 60.7 Å². The molecule has 0 amide bonds. The van der Waals surface area contributed by atoms with E-state index < -0.39 is 5.97 Å². The molecule has 1 heterocycles. The minimum atomic E-state index is -0.862. The van der Waals surface area contributed by atoms with Gasteiger partial charge in [-0.25, -0.2) is 0 Å². The highest BCUT2D eigenvalue weighted by Gasteiger charge is 2.17. The third kappa shape index (κ3) is 5.81. The van der Waals surface area contributed by atoms with E-state index in [0.29, 0.717) is 0 Å². The Balaban J connectivity index is 1.56. The Kier molecular flexibility index (Phi) is 7.06. The molecule has 5 heteroatoms. The number of aromatic amines is 1. The minimum Gasteiger partial charge on any atom is -0.486 e. The standard InChI is InChI=1S/C28H26N2O3/c1-2-6-22(18-28(31)32)21-10-13-25(14-11-21)33-27(16-9-20-7-4-3-5-8-20)23-12-15-26-24(17-23)19-29-30-26/h3-5,7-8,10-15,17,19,22,27H,9,16,18H2,1H3,(H,29,30)(H,31,32)/t22?,27-/m0/s1. The first-order valence-corrected chi connectivity index (χ1v) is 11.0.